The molecule has 1 fully saturated rings. The second kappa shape index (κ2) is 5.94. The molecule has 3 nitrogen and oxygen atoms in total. The molecule has 0 aliphatic carbocycles. The zero-order chi connectivity index (χ0) is 12.3. The Labute approximate surface area is 112 Å². The number of hydrogen-bond acceptors (Lipinski definition) is 3. The molecule has 1 saturated heterocycles. The molecule has 0 aromatic carbocycles. The van der Waals surface area contributed by atoms with E-state index in [1.807, 2.05) is 6.20 Å². The smallest absolute Gasteiger partial charge is 0.0544 e. The van der Waals surface area contributed by atoms with Crippen molar-refractivity contribution in [3.05, 3.63) is 28.5 Å². The van der Waals surface area contributed by atoms with Crippen molar-refractivity contribution in [3.63, 3.8) is 0 Å². The van der Waals surface area contributed by atoms with Gasteiger partial charge in [0, 0.05) is 29.8 Å². The highest BCUT2D eigenvalue weighted by molar-refractivity contribution is 9.10. The number of aromatic nitrogens is 1. The van der Waals surface area contributed by atoms with Crippen LogP contribution in [0.4, 0.5) is 0 Å². The van der Waals surface area contributed by atoms with E-state index < -0.39 is 0 Å². The average Bonchev–Trinajstić information content (AvgIpc) is 2.68. The van der Waals surface area contributed by atoms with Gasteiger partial charge in [0.15, 0.2) is 0 Å². The van der Waals surface area contributed by atoms with E-state index >= 15 is 0 Å². The fourth-order valence-corrected chi connectivity index (χ4v) is 2.67. The van der Waals surface area contributed by atoms with E-state index in [1.54, 1.807) is 0 Å². The molecule has 0 saturated carbocycles. The molecule has 0 spiro atoms. The highest BCUT2D eigenvalue weighted by Crippen LogP contribution is 2.20. The molecule has 4 heteroatoms. The molecule has 2 rings (SSSR count). The van der Waals surface area contributed by atoms with Crippen LogP contribution in [0.3, 0.4) is 0 Å². The number of likely N-dealkylation sites (tertiary alicyclic amines) is 1. The van der Waals surface area contributed by atoms with Crippen molar-refractivity contribution in [1.82, 2.24) is 14.8 Å². The second-order valence-corrected chi connectivity index (χ2v) is 5.91. The third-order valence-electron chi connectivity index (χ3n) is 3.23. The topological polar surface area (TPSA) is 19.4 Å². The summed E-state index contributed by atoms with van der Waals surface area (Å²) in [6.07, 6.45) is 4.51. The van der Waals surface area contributed by atoms with E-state index in [0.717, 1.165) is 17.6 Å². The molecule has 2 heterocycles. The van der Waals surface area contributed by atoms with Crippen LogP contribution in [0.15, 0.2) is 22.8 Å². The molecule has 1 aliphatic heterocycles. The van der Waals surface area contributed by atoms with Gasteiger partial charge >= 0.3 is 0 Å². The van der Waals surface area contributed by atoms with Gasteiger partial charge in [0.1, 0.15) is 0 Å². The van der Waals surface area contributed by atoms with E-state index in [9.17, 15) is 0 Å². The molecule has 17 heavy (non-hydrogen) atoms. The van der Waals surface area contributed by atoms with E-state index in [2.05, 4.69) is 56.9 Å². The molecule has 0 N–H and O–H groups in total. The van der Waals surface area contributed by atoms with Gasteiger partial charge in [-0.2, -0.15) is 0 Å². The Morgan fingerprint density at radius 3 is 2.94 bits per heavy atom. The minimum atomic E-state index is 0.690. The van der Waals surface area contributed by atoms with Gasteiger partial charge in [-0.25, -0.2) is 0 Å². The number of pyridine rings is 1. The predicted molar refractivity (Wildman–Crippen MR) is 73.9 cm³/mol. The number of nitrogens with zero attached hydrogens (tertiary/aromatic N) is 3. The first-order chi connectivity index (χ1) is 8.15. The summed E-state index contributed by atoms with van der Waals surface area (Å²) < 4.78 is 1.05. The van der Waals surface area contributed by atoms with Crippen LogP contribution in [0.1, 0.15) is 18.5 Å². The fourth-order valence-electron chi connectivity index (χ4n) is 2.44. The summed E-state index contributed by atoms with van der Waals surface area (Å²) in [4.78, 5) is 9.28. The Kier molecular flexibility index (Phi) is 4.54. The summed E-state index contributed by atoms with van der Waals surface area (Å²) in [6, 6.07) is 4.87. The molecular formula is C13H20BrN3. The third-order valence-corrected chi connectivity index (χ3v) is 3.70. The van der Waals surface area contributed by atoms with Crippen LogP contribution in [0.5, 0.6) is 0 Å². The van der Waals surface area contributed by atoms with Gasteiger partial charge in [-0.05, 0) is 61.5 Å². The minimum absolute atomic E-state index is 0.690. The van der Waals surface area contributed by atoms with Crippen molar-refractivity contribution < 1.29 is 0 Å². The molecule has 1 aromatic rings. The molecule has 0 radical (unpaired) electrons. The van der Waals surface area contributed by atoms with Gasteiger partial charge in [-0.1, -0.05) is 0 Å². The first-order valence-electron chi connectivity index (χ1n) is 6.14. The first-order valence-corrected chi connectivity index (χ1v) is 6.93. The molecule has 0 amide bonds. The maximum absolute atomic E-state index is 4.45. The number of halogens is 1. The van der Waals surface area contributed by atoms with E-state index in [1.165, 1.54) is 25.1 Å². The maximum Gasteiger partial charge on any atom is 0.0544 e. The molecule has 1 unspecified atom stereocenters. The lowest BCUT2D eigenvalue weighted by atomic mass is 10.2. The highest BCUT2D eigenvalue weighted by atomic mass is 79.9. The summed E-state index contributed by atoms with van der Waals surface area (Å²) in [5.74, 6) is 0. The summed E-state index contributed by atoms with van der Waals surface area (Å²) in [7, 11) is 4.29. The lowest BCUT2D eigenvalue weighted by Crippen LogP contribution is -2.37. The number of likely N-dealkylation sites (N-methyl/N-ethyl adjacent to an activating group) is 1. The standard InChI is InChI=1S/C13H20BrN3/c1-16(2)10-13-4-3-7-17(13)9-12-6-5-11(14)8-15-12/h5-6,8,13H,3-4,7,9-10H2,1-2H3. The normalized spacial score (nSPS) is 21.3. The lowest BCUT2D eigenvalue weighted by Gasteiger charge is -2.26. The SMILES string of the molecule is CN(C)CC1CCCN1Cc1ccc(Br)cn1. The van der Waals surface area contributed by atoms with Crippen molar-refractivity contribution in [2.75, 3.05) is 27.2 Å². The quantitative estimate of drug-likeness (QED) is 0.851. The average molecular weight is 298 g/mol. The van der Waals surface area contributed by atoms with Gasteiger partial charge in [0.05, 0.1) is 5.69 Å². The summed E-state index contributed by atoms with van der Waals surface area (Å²) >= 11 is 3.42. The van der Waals surface area contributed by atoms with Crippen molar-refractivity contribution in [2.24, 2.45) is 0 Å². The lowest BCUT2D eigenvalue weighted by molar-refractivity contribution is 0.199. The van der Waals surface area contributed by atoms with Gasteiger partial charge in [-0.15, -0.1) is 0 Å². The Morgan fingerprint density at radius 2 is 2.29 bits per heavy atom. The highest BCUT2D eigenvalue weighted by Gasteiger charge is 2.24. The molecular weight excluding hydrogens is 278 g/mol. The predicted octanol–water partition coefficient (Wildman–Crippen LogP) is 2.37. The zero-order valence-corrected chi connectivity index (χ0v) is 12.2. The largest absolute Gasteiger partial charge is 0.308 e. The van der Waals surface area contributed by atoms with Crippen LogP contribution in [0.25, 0.3) is 0 Å². The zero-order valence-electron chi connectivity index (χ0n) is 10.6. The minimum Gasteiger partial charge on any atom is -0.308 e. The Morgan fingerprint density at radius 1 is 1.47 bits per heavy atom. The van der Waals surface area contributed by atoms with Crippen LogP contribution in [0.2, 0.25) is 0 Å². The summed E-state index contributed by atoms with van der Waals surface area (Å²) in [5, 5.41) is 0. The molecule has 1 aliphatic rings. The molecule has 1 aromatic heterocycles. The third kappa shape index (κ3) is 3.76. The van der Waals surface area contributed by atoms with Crippen LogP contribution >= 0.6 is 15.9 Å². The Hall–Kier alpha value is -0.450. The monoisotopic (exact) mass is 297 g/mol. The van der Waals surface area contributed by atoms with E-state index in [0.29, 0.717) is 6.04 Å². The van der Waals surface area contributed by atoms with Crippen LogP contribution in [-0.2, 0) is 6.54 Å². The number of hydrogen-bond donors (Lipinski definition) is 0. The van der Waals surface area contributed by atoms with Gasteiger partial charge < -0.3 is 4.90 Å². The van der Waals surface area contributed by atoms with Gasteiger partial charge in [-0.3, -0.25) is 9.88 Å². The molecule has 94 valence electrons. The second-order valence-electron chi connectivity index (χ2n) is 5.00. The Bertz CT molecular complexity index is 350. The summed E-state index contributed by atoms with van der Waals surface area (Å²) in [5.41, 5.74) is 1.17. The number of rotatable bonds is 4. The van der Waals surface area contributed by atoms with Crippen LogP contribution in [0, 0.1) is 0 Å². The van der Waals surface area contributed by atoms with Crippen molar-refractivity contribution in [1.29, 1.82) is 0 Å². The van der Waals surface area contributed by atoms with E-state index in [-0.39, 0.29) is 0 Å². The Balaban J connectivity index is 1.95. The van der Waals surface area contributed by atoms with Crippen LogP contribution in [-0.4, -0.2) is 48.0 Å². The van der Waals surface area contributed by atoms with E-state index in [4.69, 9.17) is 0 Å². The van der Waals surface area contributed by atoms with Crippen molar-refractivity contribution in [3.8, 4) is 0 Å². The maximum atomic E-state index is 4.45. The van der Waals surface area contributed by atoms with Gasteiger partial charge in [0.2, 0.25) is 0 Å². The van der Waals surface area contributed by atoms with Gasteiger partial charge in [0.25, 0.3) is 0 Å². The molecule has 1 atom stereocenters. The fraction of sp³-hybridized carbons (Fsp3) is 0.615. The van der Waals surface area contributed by atoms with Crippen LogP contribution < -0.4 is 0 Å². The summed E-state index contributed by atoms with van der Waals surface area (Å²) in [6.45, 7) is 3.33. The first kappa shape index (κ1) is 13.0. The van der Waals surface area contributed by atoms with Crippen molar-refractivity contribution >= 4 is 15.9 Å². The molecule has 0 bridgehead atoms. The van der Waals surface area contributed by atoms with Crippen molar-refractivity contribution in [2.45, 2.75) is 25.4 Å².